The van der Waals surface area contributed by atoms with E-state index >= 15 is 0 Å². The fourth-order valence-electron chi connectivity index (χ4n) is 3.50. The van der Waals surface area contributed by atoms with Gasteiger partial charge in [0.15, 0.2) is 0 Å². The van der Waals surface area contributed by atoms with Gasteiger partial charge in [-0.2, -0.15) is 0 Å². The maximum atomic E-state index is 6.34. The molecular formula is C16H24N2. The van der Waals surface area contributed by atoms with Crippen LogP contribution in [0.1, 0.15) is 43.2 Å². The van der Waals surface area contributed by atoms with Crippen molar-refractivity contribution in [1.82, 2.24) is 4.90 Å². The minimum atomic E-state index is 0.427. The highest BCUT2D eigenvalue weighted by atomic mass is 15.1. The van der Waals surface area contributed by atoms with Gasteiger partial charge in [-0.25, -0.2) is 0 Å². The average molecular weight is 244 g/mol. The largest absolute Gasteiger partial charge is 0.327 e. The highest BCUT2D eigenvalue weighted by molar-refractivity contribution is 5.30. The van der Waals surface area contributed by atoms with Crippen molar-refractivity contribution in [2.75, 3.05) is 6.54 Å². The Morgan fingerprint density at radius 2 is 1.67 bits per heavy atom. The van der Waals surface area contributed by atoms with Crippen LogP contribution in [0.3, 0.4) is 0 Å². The second kappa shape index (κ2) is 5.41. The maximum Gasteiger partial charge on any atom is 0.0240 e. The molecule has 2 atom stereocenters. The van der Waals surface area contributed by atoms with E-state index in [-0.39, 0.29) is 0 Å². The number of hydrogen-bond donors (Lipinski definition) is 1. The molecule has 1 saturated carbocycles. The molecule has 2 nitrogen and oxygen atoms in total. The molecule has 2 aliphatic rings. The third-order valence-electron chi connectivity index (χ3n) is 4.62. The summed E-state index contributed by atoms with van der Waals surface area (Å²) in [6.45, 7) is 3.44. The van der Waals surface area contributed by atoms with Crippen molar-refractivity contribution in [1.29, 1.82) is 0 Å². The van der Waals surface area contributed by atoms with Crippen LogP contribution >= 0.6 is 0 Å². The van der Waals surface area contributed by atoms with Crippen LogP contribution < -0.4 is 5.73 Å². The fraction of sp³-hybridized carbons (Fsp3) is 0.625. The normalized spacial score (nSPS) is 28.9. The van der Waals surface area contributed by atoms with Gasteiger partial charge in [0.05, 0.1) is 0 Å². The summed E-state index contributed by atoms with van der Waals surface area (Å²) >= 11 is 0. The van der Waals surface area contributed by atoms with Crippen LogP contribution in [0.4, 0.5) is 0 Å². The molecule has 18 heavy (non-hydrogen) atoms. The van der Waals surface area contributed by atoms with Crippen LogP contribution in [0, 0.1) is 5.92 Å². The summed E-state index contributed by atoms with van der Waals surface area (Å²) in [5.74, 6) is 0.710. The van der Waals surface area contributed by atoms with Gasteiger partial charge >= 0.3 is 0 Å². The lowest BCUT2D eigenvalue weighted by Crippen LogP contribution is -2.36. The minimum Gasteiger partial charge on any atom is -0.327 e. The molecule has 98 valence electrons. The first kappa shape index (κ1) is 12.2. The van der Waals surface area contributed by atoms with E-state index in [2.05, 4.69) is 29.2 Å². The Balaban J connectivity index is 1.61. The van der Waals surface area contributed by atoms with Crippen molar-refractivity contribution in [2.24, 2.45) is 11.7 Å². The summed E-state index contributed by atoms with van der Waals surface area (Å²) in [7, 11) is 0. The lowest BCUT2D eigenvalue weighted by atomic mass is 9.95. The Morgan fingerprint density at radius 1 is 1.00 bits per heavy atom. The van der Waals surface area contributed by atoms with Crippen LogP contribution in [0.15, 0.2) is 24.3 Å². The molecule has 1 fully saturated rings. The molecule has 2 unspecified atom stereocenters. The molecule has 0 spiro atoms. The molecule has 1 aromatic rings. The molecule has 1 aliphatic carbocycles. The quantitative estimate of drug-likeness (QED) is 0.811. The van der Waals surface area contributed by atoms with Gasteiger partial charge in [0.25, 0.3) is 0 Å². The van der Waals surface area contributed by atoms with Gasteiger partial charge in [-0.05, 0) is 29.9 Å². The smallest absolute Gasteiger partial charge is 0.0240 e. The van der Waals surface area contributed by atoms with Crippen molar-refractivity contribution >= 4 is 0 Å². The van der Waals surface area contributed by atoms with Crippen LogP contribution in [-0.2, 0) is 13.1 Å². The number of hydrogen-bond acceptors (Lipinski definition) is 2. The zero-order chi connectivity index (χ0) is 12.4. The summed E-state index contributed by atoms with van der Waals surface area (Å²) < 4.78 is 0. The molecule has 2 heteroatoms. The molecule has 0 bridgehead atoms. The molecule has 2 N–H and O–H groups in total. The van der Waals surface area contributed by atoms with Gasteiger partial charge in [0.1, 0.15) is 0 Å². The Morgan fingerprint density at radius 3 is 2.39 bits per heavy atom. The zero-order valence-electron chi connectivity index (χ0n) is 11.1. The summed E-state index contributed by atoms with van der Waals surface area (Å²) in [5.41, 5.74) is 9.36. The van der Waals surface area contributed by atoms with Gasteiger partial charge < -0.3 is 5.73 Å². The van der Waals surface area contributed by atoms with E-state index in [1.54, 1.807) is 0 Å². The van der Waals surface area contributed by atoms with E-state index in [0.717, 1.165) is 13.1 Å². The lowest BCUT2D eigenvalue weighted by Gasteiger charge is -2.26. The average Bonchev–Trinajstić information content (AvgIpc) is 2.68. The number of benzene rings is 1. The monoisotopic (exact) mass is 244 g/mol. The molecule has 1 aliphatic heterocycles. The predicted molar refractivity (Wildman–Crippen MR) is 75.1 cm³/mol. The first-order chi connectivity index (χ1) is 8.83. The Hall–Kier alpha value is -0.860. The maximum absolute atomic E-state index is 6.34. The van der Waals surface area contributed by atoms with E-state index in [9.17, 15) is 0 Å². The van der Waals surface area contributed by atoms with Gasteiger partial charge in [-0.1, -0.05) is 43.5 Å². The second-order valence-electron chi connectivity index (χ2n) is 6.00. The predicted octanol–water partition coefficient (Wildman–Crippen LogP) is 2.91. The van der Waals surface area contributed by atoms with E-state index in [0.29, 0.717) is 12.0 Å². The van der Waals surface area contributed by atoms with Crippen LogP contribution in [-0.4, -0.2) is 17.5 Å². The Labute approximate surface area is 110 Å². The summed E-state index contributed by atoms with van der Waals surface area (Å²) in [4.78, 5) is 2.58. The van der Waals surface area contributed by atoms with Gasteiger partial charge in [0.2, 0.25) is 0 Å². The standard InChI is InChI=1S/C16H24N2/c17-16-9-3-1-2-8-15(16)12-18-10-13-6-4-5-7-14(13)11-18/h4-7,15-16H,1-3,8-12,17H2. The van der Waals surface area contributed by atoms with Crippen molar-refractivity contribution in [3.63, 3.8) is 0 Å². The van der Waals surface area contributed by atoms with Crippen molar-refractivity contribution < 1.29 is 0 Å². The molecule has 0 radical (unpaired) electrons. The number of nitrogens with zero attached hydrogens (tertiary/aromatic N) is 1. The van der Waals surface area contributed by atoms with Crippen LogP contribution in [0.5, 0.6) is 0 Å². The summed E-state index contributed by atoms with van der Waals surface area (Å²) in [6, 6.07) is 9.26. The van der Waals surface area contributed by atoms with Crippen molar-refractivity contribution in [3.05, 3.63) is 35.4 Å². The number of nitrogens with two attached hydrogens (primary N) is 1. The van der Waals surface area contributed by atoms with Gasteiger partial charge in [-0.15, -0.1) is 0 Å². The minimum absolute atomic E-state index is 0.427. The highest BCUT2D eigenvalue weighted by Crippen LogP contribution is 2.27. The molecule has 0 amide bonds. The van der Waals surface area contributed by atoms with E-state index in [1.807, 2.05) is 0 Å². The molecule has 0 aromatic heterocycles. The third-order valence-corrected chi connectivity index (χ3v) is 4.62. The van der Waals surface area contributed by atoms with Gasteiger partial charge in [0, 0.05) is 25.7 Å². The van der Waals surface area contributed by atoms with Crippen molar-refractivity contribution in [2.45, 2.75) is 51.2 Å². The van der Waals surface area contributed by atoms with Gasteiger partial charge in [-0.3, -0.25) is 4.90 Å². The Bertz CT molecular complexity index is 377. The summed E-state index contributed by atoms with van der Waals surface area (Å²) in [6.07, 6.45) is 6.64. The first-order valence-electron chi connectivity index (χ1n) is 7.37. The van der Waals surface area contributed by atoms with Crippen LogP contribution in [0.2, 0.25) is 0 Å². The zero-order valence-corrected chi connectivity index (χ0v) is 11.1. The molecule has 1 aromatic carbocycles. The number of rotatable bonds is 2. The SMILES string of the molecule is NC1CCCCCC1CN1Cc2ccccc2C1. The molecular weight excluding hydrogens is 220 g/mol. The Kier molecular flexibility index (Phi) is 3.67. The topological polar surface area (TPSA) is 29.3 Å². The third kappa shape index (κ3) is 2.60. The summed E-state index contributed by atoms with van der Waals surface area (Å²) in [5, 5.41) is 0. The van der Waals surface area contributed by atoms with E-state index < -0.39 is 0 Å². The fourth-order valence-corrected chi connectivity index (χ4v) is 3.50. The van der Waals surface area contributed by atoms with Crippen molar-refractivity contribution in [3.8, 4) is 0 Å². The molecule has 1 heterocycles. The highest BCUT2D eigenvalue weighted by Gasteiger charge is 2.25. The second-order valence-corrected chi connectivity index (χ2v) is 6.00. The van der Waals surface area contributed by atoms with E-state index in [4.69, 9.17) is 5.73 Å². The van der Waals surface area contributed by atoms with Crippen LogP contribution in [0.25, 0.3) is 0 Å². The number of fused-ring (bicyclic) bond motifs is 1. The lowest BCUT2D eigenvalue weighted by molar-refractivity contribution is 0.210. The molecule has 0 saturated heterocycles. The molecule has 3 rings (SSSR count). The first-order valence-corrected chi connectivity index (χ1v) is 7.37. The van der Waals surface area contributed by atoms with E-state index in [1.165, 1.54) is 49.8 Å².